The second-order valence-electron chi connectivity index (χ2n) is 5.60. The number of rotatable bonds is 4. The number of para-hydroxylation sites is 1. The summed E-state index contributed by atoms with van der Waals surface area (Å²) in [4.78, 5) is 18.5. The zero-order chi connectivity index (χ0) is 16.5. The summed E-state index contributed by atoms with van der Waals surface area (Å²) in [6, 6.07) is 17.6. The quantitative estimate of drug-likeness (QED) is 0.531. The largest absolute Gasteiger partial charge is 0.477 e. The van der Waals surface area contributed by atoms with Gasteiger partial charge < -0.3 is 15.4 Å². The van der Waals surface area contributed by atoms with Crippen LogP contribution in [0.3, 0.4) is 0 Å². The molecule has 0 unspecified atom stereocenters. The molecule has 0 saturated carbocycles. The molecule has 118 valence electrons. The molecule has 0 fully saturated rings. The SMILES string of the molecule is O=C(O)c1cc2c(cn1)[nH]c1cccc(CNc3ccccc3)c12. The van der Waals surface area contributed by atoms with E-state index in [0.717, 1.165) is 33.1 Å². The molecule has 4 rings (SSSR count). The van der Waals surface area contributed by atoms with Crippen molar-refractivity contribution in [3.05, 3.63) is 72.1 Å². The standard InChI is InChI=1S/C19H15N3O2/c23-19(24)16-9-14-17(11-21-16)22-15-8-4-5-12(18(14)15)10-20-13-6-2-1-3-7-13/h1-9,11,20,22H,10H2,(H,23,24). The molecule has 0 aliphatic carbocycles. The van der Waals surface area contributed by atoms with E-state index in [1.165, 1.54) is 0 Å². The van der Waals surface area contributed by atoms with Crippen molar-refractivity contribution in [3.8, 4) is 0 Å². The fourth-order valence-electron chi connectivity index (χ4n) is 2.95. The Balaban J connectivity index is 1.81. The van der Waals surface area contributed by atoms with Gasteiger partial charge in [0.1, 0.15) is 5.69 Å². The maximum atomic E-state index is 11.2. The molecule has 0 atom stereocenters. The number of carboxylic acids is 1. The average Bonchev–Trinajstić information content (AvgIpc) is 2.99. The van der Waals surface area contributed by atoms with E-state index in [9.17, 15) is 9.90 Å². The van der Waals surface area contributed by atoms with E-state index in [0.29, 0.717) is 6.54 Å². The van der Waals surface area contributed by atoms with Gasteiger partial charge in [-0.3, -0.25) is 0 Å². The minimum Gasteiger partial charge on any atom is -0.477 e. The lowest BCUT2D eigenvalue weighted by molar-refractivity contribution is 0.0690. The molecule has 5 heteroatoms. The van der Waals surface area contributed by atoms with Crippen molar-refractivity contribution in [2.75, 3.05) is 5.32 Å². The molecule has 2 heterocycles. The predicted molar refractivity (Wildman–Crippen MR) is 94.3 cm³/mol. The number of benzene rings is 2. The highest BCUT2D eigenvalue weighted by atomic mass is 16.4. The third-order valence-electron chi connectivity index (χ3n) is 4.07. The molecule has 5 nitrogen and oxygen atoms in total. The topological polar surface area (TPSA) is 78.0 Å². The van der Waals surface area contributed by atoms with E-state index in [-0.39, 0.29) is 5.69 Å². The minimum absolute atomic E-state index is 0.0502. The summed E-state index contributed by atoms with van der Waals surface area (Å²) in [5.41, 5.74) is 4.01. The summed E-state index contributed by atoms with van der Waals surface area (Å²) in [6.45, 7) is 0.652. The maximum Gasteiger partial charge on any atom is 0.354 e. The van der Waals surface area contributed by atoms with Crippen molar-refractivity contribution in [1.29, 1.82) is 0 Å². The Morgan fingerprint density at radius 3 is 2.71 bits per heavy atom. The van der Waals surface area contributed by atoms with Gasteiger partial charge in [0.15, 0.2) is 0 Å². The molecule has 3 N–H and O–H groups in total. The first-order valence-corrected chi connectivity index (χ1v) is 7.64. The van der Waals surface area contributed by atoms with Gasteiger partial charge in [0, 0.05) is 28.5 Å². The lowest BCUT2D eigenvalue weighted by Gasteiger charge is -2.08. The van der Waals surface area contributed by atoms with Crippen LogP contribution >= 0.6 is 0 Å². The number of aromatic amines is 1. The summed E-state index contributed by atoms with van der Waals surface area (Å²) < 4.78 is 0. The molecule has 0 radical (unpaired) electrons. The fraction of sp³-hybridized carbons (Fsp3) is 0.0526. The summed E-state index contributed by atoms with van der Waals surface area (Å²) in [7, 11) is 0. The van der Waals surface area contributed by atoms with Crippen LogP contribution in [0.4, 0.5) is 5.69 Å². The van der Waals surface area contributed by atoms with Gasteiger partial charge in [0.05, 0.1) is 11.7 Å². The Labute approximate surface area is 138 Å². The molecule has 0 spiro atoms. The van der Waals surface area contributed by atoms with Gasteiger partial charge >= 0.3 is 5.97 Å². The van der Waals surface area contributed by atoms with Crippen LogP contribution in [0.15, 0.2) is 60.8 Å². The van der Waals surface area contributed by atoms with Crippen molar-refractivity contribution in [2.24, 2.45) is 0 Å². The molecule has 2 aromatic carbocycles. The Hall–Kier alpha value is -3.34. The van der Waals surface area contributed by atoms with Crippen LogP contribution in [-0.2, 0) is 6.54 Å². The van der Waals surface area contributed by atoms with Gasteiger partial charge in [-0.15, -0.1) is 0 Å². The molecule has 4 aromatic rings. The summed E-state index contributed by atoms with van der Waals surface area (Å²) in [5, 5.41) is 14.5. The van der Waals surface area contributed by atoms with Crippen LogP contribution in [0, 0.1) is 0 Å². The molecule has 0 aliphatic rings. The Kier molecular flexibility index (Phi) is 3.39. The van der Waals surface area contributed by atoms with Gasteiger partial charge in [-0.1, -0.05) is 30.3 Å². The number of carbonyl (C=O) groups is 1. The Morgan fingerprint density at radius 1 is 1.08 bits per heavy atom. The molecule has 0 bridgehead atoms. The van der Waals surface area contributed by atoms with Gasteiger partial charge in [0.2, 0.25) is 0 Å². The molecule has 24 heavy (non-hydrogen) atoms. The smallest absolute Gasteiger partial charge is 0.354 e. The molecule has 2 aromatic heterocycles. The third-order valence-corrected chi connectivity index (χ3v) is 4.07. The average molecular weight is 317 g/mol. The monoisotopic (exact) mass is 317 g/mol. The first kappa shape index (κ1) is 14.3. The zero-order valence-corrected chi connectivity index (χ0v) is 12.8. The van der Waals surface area contributed by atoms with E-state index in [1.807, 2.05) is 48.5 Å². The summed E-state index contributed by atoms with van der Waals surface area (Å²) in [6.07, 6.45) is 1.58. The third kappa shape index (κ3) is 2.46. The number of pyridine rings is 1. The van der Waals surface area contributed by atoms with Gasteiger partial charge in [-0.2, -0.15) is 0 Å². The maximum absolute atomic E-state index is 11.2. The van der Waals surface area contributed by atoms with E-state index in [4.69, 9.17) is 0 Å². The van der Waals surface area contributed by atoms with Crippen LogP contribution in [0.1, 0.15) is 16.1 Å². The van der Waals surface area contributed by atoms with Crippen LogP contribution in [-0.4, -0.2) is 21.0 Å². The van der Waals surface area contributed by atoms with E-state index in [2.05, 4.69) is 15.3 Å². The first-order valence-electron chi connectivity index (χ1n) is 7.64. The fourth-order valence-corrected chi connectivity index (χ4v) is 2.95. The number of hydrogen-bond donors (Lipinski definition) is 3. The van der Waals surface area contributed by atoms with Gasteiger partial charge in [-0.25, -0.2) is 9.78 Å². The van der Waals surface area contributed by atoms with E-state index >= 15 is 0 Å². The minimum atomic E-state index is -1.02. The van der Waals surface area contributed by atoms with Crippen LogP contribution < -0.4 is 5.32 Å². The van der Waals surface area contributed by atoms with Crippen LogP contribution in [0.5, 0.6) is 0 Å². The summed E-state index contributed by atoms with van der Waals surface area (Å²) >= 11 is 0. The second-order valence-corrected chi connectivity index (χ2v) is 5.60. The van der Waals surface area contributed by atoms with Crippen molar-refractivity contribution >= 4 is 33.5 Å². The van der Waals surface area contributed by atoms with Crippen molar-refractivity contribution in [1.82, 2.24) is 9.97 Å². The highest BCUT2D eigenvalue weighted by molar-refractivity contribution is 6.10. The second kappa shape index (κ2) is 5.70. The number of carboxylic acid groups (broad SMARTS) is 1. The van der Waals surface area contributed by atoms with E-state index < -0.39 is 5.97 Å². The zero-order valence-electron chi connectivity index (χ0n) is 12.8. The number of H-pyrrole nitrogens is 1. The molecular formula is C19H15N3O2. The molecular weight excluding hydrogens is 302 g/mol. The number of aromatic carboxylic acids is 1. The van der Waals surface area contributed by atoms with Crippen molar-refractivity contribution in [2.45, 2.75) is 6.54 Å². The number of fused-ring (bicyclic) bond motifs is 3. The highest BCUT2D eigenvalue weighted by Gasteiger charge is 2.12. The normalized spacial score (nSPS) is 11.0. The van der Waals surface area contributed by atoms with Crippen molar-refractivity contribution < 1.29 is 9.90 Å². The number of aromatic nitrogens is 2. The van der Waals surface area contributed by atoms with Gasteiger partial charge in [0.25, 0.3) is 0 Å². The van der Waals surface area contributed by atoms with E-state index in [1.54, 1.807) is 12.3 Å². The van der Waals surface area contributed by atoms with Crippen LogP contribution in [0.25, 0.3) is 21.8 Å². The van der Waals surface area contributed by atoms with Gasteiger partial charge in [-0.05, 0) is 29.8 Å². The number of anilines is 1. The first-order chi connectivity index (χ1) is 11.7. The highest BCUT2D eigenvalue weighted by Crippen LogP contribution is 2.29. The lowest BCUT2D eigenvalue weighted by Crippen LogP contribution is -2.00. The molecule has 0 saturated heterocycles. The van der Waals surface area contributed by atoms with Crippen LogP contribution in [0.2, 0.25) is 0 Å². The lowest BCUT2D eigenvalue weighted by atomic mass is 10.1. The predicted octanol–water partition coefficient (Wildman–Crippen LogP) is 4.03. The van der Waals surface area contributed by atoms with Crippen molar-refractivity contribution in [3.63, 3.8) is 0 Å². The number of hydrogen-bond acceptors (Lipinski definition) is 3. The Morgan fingerprint density at radius 2 is 1.92 bits per heavy atom. The number of nitrogens with one attached hydrogen (secondary N) is 2. The Bertz CT molecular complexity index is 1040. The summed E-state index contributed by atoms with van der Waals surface area (Å²) in [5.74, 6) is -1.02. The molecule has 0 aliphatic heterocycles. The molecule has 0 amide bonds. The number of nitrogens with zero attached hydrogens (tertiary/aromatic N) is 1.